The number of rotatable bonds is 5. The van der Waals surface area contributed by atoms with E-state index in [1.165, 1.54) is 25.7 Å². The standard InChI is InChI=1S/C11H20O2/c1-12-7-11(8-13-2)6-5-10(11)9-3-4-9/h9-10H,3-8H2,1-2H3. The van der Waals surface area contributed by atoms with Crippen LogP contribution in [0, 0.1) is 17.3 Å². The number of hydrogen-bond acceptors (Lipinski definition) is 2. The second kappa shape index (κ2) is 3.58. The van der Waals surface area contributed by atoms with E-state index in [1.54, 1.807) is 14.2 Å². The van der Waals surface area contributed by atoms with E-state index < -0.39 is 0 Å². The molecule has 2 aliphatic carbocycles. The average Bonchev–Trinajstić information content (AvgIpc) is 2.86. The van der Waals surface area contributed by atoms with Gasteiger partial charge in [0.1, 0.15) is 0 Å². The predicted octanol–water partition coefficient (Wildman–Crippen LogP) is 2.09. The molecule has 2 rings (SSSR count). The van der Waals surface area contributed by atoms with Crippen molar-refractivity contribution in [2.75, 3.05) is 27.4 Å². The van der Waals surface area contributed by atoms with E-state index in [4.69, 9.17) is 9.47 Å². The largest absolute Gasteiger partial charge is 0.384 e. The molecule has 2 heteroatoms. The van der Waals surface area contributed by atoms with Gasteiger partial charge in [-0.1, -0.05) is 0 Å². The van der Waals surface area contributed by atoms with E-state index in [0.717, 1.165) is 25.0 Å². The van der Waals surface area contributed by atoms with E-state index in [0.29, 0.717) is 5.41 Å². The second-order valence-electron chi connectivity index (χ2n) is 4.71. The summed E-state index contributed by atoms with van der Waals surface area (Å²) in [5.74, 6) is 1.89. The number of hydrogen-bond donors (Lipinski definition) is 0. The molecule has 0 saturated heterocycles. The molecule has 0 spiro atoms. The molecular weight excluding hydrogens is 164 g/mol. The molecule has 0 aliphatic heterocycles. The second-order valence-corrected chi connectivity index (χ2v) is 4.71. The number of methoxy groups -OCH3 is 2. The van der Waals surface area contributed by atoms with Gasteiger partial charge in [0.2, 0.25) is 0 Å². The lowest BCUT2D eigenvalue weighted by atomic mass is 9.59. The summed E-state index contributed by atoms with van der Waals surface area (Å²) < 4.78 is 10.7. The molecule has 0 amide bonds. The van der Waals surface area contributed by atoms with Crippen molar-refractivity contribution >= 4 is 0 Å². The van der Waals surface area contributed by atoms with E-state index in [-0.39, 0.29) is 0 Å². The van der Waals surface area contributed by atoms with Gasteiger partial charge in [-0.25, -0.2) is 0 Å². The molecule has 1 unspecified atom stereocenters. The normalized spacial score (nSPS) is 31.4. The molecular formula is C11H20O2. The minimum absolute atomic E-state index is 0.380. The summed E-state index contributed by atoms with van der Waals surface area (Å²) in [4.78, 5) is 0. The maximum atomic E-state index is 5.33. The molecule has 2 fully saturated rings. The van der Waals surface area contributed by atoms with Gasteiger partial charge in [-0.2, -0.15) is 0 Å². The molecule has 0 heterocycles. The zero-order valence-electron chi connectivity index (χ0n) is 8.71. The van der Waals surface area contributed by atoms with E-state index in [1.807, 2.05) is 0 Å². The first-order valence-electron chi connectivity index (χ1n) is 5.30. The fourth-order valence-corrected chi connectivity index (χ4v) is 2.93. The summed E-state index contributed by atoms with van der Waals surface area (Å²) in [6.45, 7) is 1.78. The van der Waals surface area contributed by atoms with E-state index >= 15 is 0 Å². The first-order chi connectivity index (χ1) is 6.32. The summed E-state index contributed by atoms with van der Waals surface area (Å²) in [5.41, 5.74) is 0.380. The predicted molar refractivity (Wildman–Crippen MR) is 51.6 cm³/mol. The molecule has 1 atom stereocenters. The molecule has 2 saturated carbocycles. The third-order valence-corrected chi connectivity index (χ3v) is 3.79. The van der Waals surface area contributed by atoms with Gasteiger partial charge in [-0.3, -0.25) is 0 Å². The van der Waals surface area contributed by atoms with Crippen LogP contribution in [0.4, 0.5) is 0 Å². The summed E-state index contributed by atoms with van der Waals surface area (Å²) in [6, 6.07) is 0. The van der Waals surface area contributed by atoms with Gasteiger partial charge in [0.05, 0.1) is 13.2 Å². The maximum Gasteiger partial charge on any atom is 0.0543 e. The molecule has 76 valence electrons. The zero-order chi connectivity index (χ0) is 9.31. The first-order valence-corrected chi connectivity index (χ1v) is 5.30. The van der Waals surface area contributed by atoms with Gasteiger partial charge >= 0.3 is 0 Å². The van der Waals surface area contributed by atoms with Crippen molar-refractivity contribution in [1.82, 2.24) is 0 Å². The molecule has 2 aliphatic rings. The highest BCUT2D eigenvalue weighted by Crippen LogP contribution is 2.57. The Balaban J connectivity index is 1.95. The highest BCUT2D eigenvalue weighted by Gasteiger charge is 2.52. The minimum Gasteiger partial charge on any atom is -0.384 e. The van der Waals surface area contributed by atoms with Crippen molar-refractivity contribution in [3.63, 3.8) is 0 Å². The Labute approximate surface area is 80.6 Å². The topological polar surface area (TPSA) is 18.5 Å². The third kappa shape index (κ3) is 1.62. The van der Waals surface area contributed by atoms with Crippen LogP contribution in [0.2, 0.25) is 0 Å². The summed E-state index contributed by atoms with van der Waals surface area (Å²) in [6.07, 6.45) is 5.59. The van der Waals surface area contributed by atoms with Gasteiger partial charge in [-0.15, -0.1) is 0 Å². The van der Waals surface area contributed by atoms with Crippen LogP contribution in [0.3, 0.4) is 0 Å². The monoisotopic (exact) mass is 184 g/mol. The lowest BCUT2D eigenvalue weighted by molar-refractivity contribution is -0.0985. The summed E-state index contributed by atoms with van der Waals surface area (Å²) in [7, 11) is 3.61. The molecule has 13 heavy (non-hydrogen) atoms. The van der Waals surface area contributed by atoms with Crippen molar-refractivity contribution in [3.8, 4) is 0 Å². The van der Waals surface area contributed by atoms with Crippen LogP contribution in [0.25, 0.3) is 0 Å². The lowest BCUT2D eigenvalue weighted by Gasteiger charge is -2.49. The molecule has 2 nitrogen and oxygen atoms in total. The summed E-state index contributed by atoms with van der Waals surface area (Å²) in [5, 5.41) is 0. The van der Waals surface area contributed by atoms with Crippen LogP contribution < -0.4 is 0 Å². The van der Waals surface area contributed by atoms with E-state index in [9.17, 15) is 0 Å². The number of ether oxygens (including phenoxy) is 2. The summed E-state index contributed by atoms with van der Waals surface area (Å²) >= 11 is 0. The van der Waals surface area contributed by atoms with Crippen molar-refractivity contribution in [3.05, 3.63) is 0 Å². The molecule has 0 N–H and O–H groups in total. The molecule has 0 radical (unpaired) electrons. The smallest absolute Gasteiger partial charge is 0.0543 e. The third-order valence-electron chi connectivity index (χ3n) is 3.79. The maximum absolute atomic E-state index is 5.33. The average molecular weight is 184 g/mol. The Morgan fingerprint density at radius 3 is 2.00 bits per heavy atom. The Kier molecular flexibility index (Phi) is 2.61. The Bertz CT molecular complexity index is 169. The van der Waals surface area contributed by atoms with Gasteiger partial charge in [0.25, 0.3) is 0 Å². The van der Waals surface area contributed by atoms with E-state index in [2.05, 4.69) is 0 Å². The fraction of sp³-hybridized carbons (Fsp3) is 1.00. The highest BCUT2D eigenvalue weighted by atomic mass is 16.5. The molecule has 0 bridgehead atoms. The quantitative estimate of drug-likeness (QED) is 0.651. The zero-order valence-corrected chi connectivity index (χ0v) is 8.71. The van der Waals surface area contributed by atoms with Crippen LogP contribution in [-0.2, 0) is 9.47 Å². The Morgan fingerprint density at radius 1 is 1.08 bits per heavy atom. The molecule has 0 aromatic rings. The van der Waals surface area contributed by atoms with Crippen molar-refractivity contribution < 1.29 is 9.47 Å². The Morgan fingerprint density at radius 2 is 1.69 bits per heavy atom. The SMILES string of the molecule is COCC1(COC)CCC1C1CC1. The molecule has 0 aromatic heterocycles. The lowest BCUT2D eigenvalue weighted by Crippen LogP contribution is -2.48. The van der Waals surface area contributed by atoms with Crippen LogP contribution >= 0.6 is 0 Å². The fourth-order valence-electron chi connectivity index (χ4n) is 2.93. The first kappa shape index (κ1) is 9.47. The van der Waals surface area contributed by atoms with Crippen molar-refractivity contribution in [1.29, 1.82) is 0 Å². The minimum atomic E-state index is 0.380. The van der Waals surface area contributed by atoms with Gasteiger partial charge < -0.3 is 9.47 Å². The van der Waals surface area contributed by atoms with Crippen molar-refractivity contribution in [2.45, 2.75) is 25.7 Å². The Hall–Kier alpha value is -0.0800. The van der Waals surface area contributed by atoms with Crippen LogP contribution in [-0.4, -0.2) is 27.4 Å². The van der Waals surface area contributed by atoms with Gasteiger partial charge in [-0.05, 0) is 37.5 Å². The van der Waals surface area contributed by atoms with Crippen LogP contribution in [0.15, 0.2) is 0 Å². The van der Waals surface area contributed by atoms with Crippen LogP contribution in [0.5, 0.6) is 0 Å². The van der Waals surface area contributed by atoms with Crippen molar-refractivity contribution in [2.24, 2.45) is 17.3 Å². The van der Waals surface area contributed by atoms with Gasteiger partial charge in [0.15, 0.2) is 0 Å². The highest BCUT2D eigenvalue weighted by molar-refractivity contribution is 5.02. The molecule has 0 aromatic carbocycles. The van der Waals surface area contributed by atoms with Gasteiger partial charge in [0, 0.05) is 19.6 Å². The van der Waals surface area contributed by atoms with Crippen LogP contribution in [0.1, 0.15) is 25.7 Å².